The van der Waals surface area contributed by atoms with E-state index in [1.54, 1.807) is 14.0 Å². The number of hydrogen-bond acceptors (Lipinski definition) is 5. The molecule has 0 unspecified atom stereocenters. The van der Waals surface area contributed by atoms with E-state index in [1.165, 1.54) is 6.42 Å². The third kappa shape index (κ3) is 1.97. The van der Waals surface area contributed by atoms with Crippen molar-refractivity contribution in [3.05, 3.63) is 11.7 Å². The van der Waals surface area contributed by atoms with Gasteiger partial charge in [-0.15, -0.1) is 0 Å². The maximum Gasteiger partial charge on any atom is 0.255 e. The SMILES string of the molecule is COC1(c2noc([C@H](C)O)n2)CCCCC1. The highest BCUT2D eigenvalue weighted by atomic mass is 16.5. The molecular formula is C11H18N2O3. The van der Waals surface area contributed by atoms with Crippen LogP contribution in [0.3, 0.4) is 0 Å². The molecule has 1 aromatic heterocycles. The Balaban J connectivity index is 2.25. The molecule has 1 atom stereocenters. The molecule has 1 heterocycles. The normalized spacial score (nSPS) is 21.9. The third-order valence-electron chi connectivity index (χ3n) is 3.26. The molecule has 0 amide bonds. The van der Waals surface area contributed by atoms with Crippen LogP contribution in [0.2, 0.25) is 0 Å². The highest BCUT2D eigenvalue weighted by molar-refractivity contribution is 5.03. The first-order chi connectivity index (χ1) is 7.68. The second-order valence-electron chi connectivity index (χ2n) is 4.39. The zero-order valence-electron chi connectivity index (χ0n) is 9.77. The Morgan fingerprint density at radius 3 is 2.56 bits per heavy atom. The predicted molar refractivity (Wildman–Crippen MR) is 56.7 cm³/mol. The van der Waals surface area contributed by atoms with Crippen LogP contribution in [0.5, 0.6) is 0 Å². The molecule has 0 aromatic carbocycles. The van der Waals surface area contributed by atoms with E-state index >= 15 is 0 Å². The van der Waals surface area contributed by atoms with Crippen LogP contribution in [0, 0.1) is 0 Å². The molecular weight excluding hydrogens is 208 g/mol. The van der Waals surface area contributed by atoms with Gasteiger partial charge in [-0.25, -0.2) is 0 Å². The minimum Gasteiger partial charge on any atom is -0.384 e. The van der Waals surface area contributed by atoms with Crippen molar-refractivity contribution >= 4 is 0 Å². The molecule has 1 fully saturated rings. The van der Waals surface area contributed by atoms with E-state index in [0.29, 0.717) is 5.82 Å². The van der Waals surface area contributed by atoms with E-state index < -0.39 is 11.7 Å². The van der Waals surface area contributed by atoms with Gasteiger partial charge < -0.3 is 14.4 Å². The van der Waals surface area contributed by atoms with Gasteiger partial charge in [0.15, 0.2) is 0 Å². The Morgan fingerprint density at radius 1 is 1.38 bits per heavy atom. The Bertz CT molecular complexity index is 343. The monoisotopic (exact) mass is 226 g/mol. The van der Waals surface area contributed by atoms with E-state index in [4.69, 9.17) is 9.26 Å². The molecule has 0 aliphatic heterocycles. The summed E-state index contributed by atoms with van der Waals surface area (Å²) in [7, 11) is 1.68. The minimum absolute atomic E-state index is 0.261. The highest BCUT2D eigenvalue weighted by Crippen LogP contribution is 2.38. The van der Waals surface area contributed by atoms with Gasteiger partial charge in [0.25, 0.3) is 5.89 Å². The van der Waals surface area contributed by atoms with Crippen molar-refractivity contribution in [3.8, 4) is 0 Å². The van der Waals surface area contributed by atoms with Crippen LogP contribution in [0.15, 0.2) is 4.52 Å². The summed E-state index contributed by atoms with van der Waals surface area (Å²) < 4.78 is 10.6. The Kier molecular flexibility index (Phi) is 3.25. The molecule has 1 aliphatic carbocycles. The summed E-state index contributed by atoms with van der Waals surface area (Å²) in [6.45, 7) is 1.61. The lowest BCUT2D eigenvalue weighted by Gasteiger charge is -2.32. The summed E-state index contributed by atoms with van der Waals surface area (Å²) in [6.07, 6.45) is 4.58. The molecule has 0 spiro atoms. The lowest BCUT2D eigenvalue weighted by atomic mass is 9.84. The summed E-state index contributed by atoms with van der Waals surface area (Å²) in [5.41, 5.74) is -0.408. The number of ether oxygens (including phenoxy) is 1. The molecule has 5 heteroatoms. The first-order valence-corrected chi connectivity index (χ1v) is 5.75. The molecule has 1 saturated carbocycles. The van der Waals surface area contributed by atoms with Crippen LogP contribution in [0.1, 0.15) is 56.8 Å². The van der Waals surface area contributed by atoms with E-state index in [-0.39, 0.29) is 5.89 Å². The molecule has 16 heavy (non-hydrogen) atoms. The van der Waals surface area contributed by atoms with Gasteiger partial charge in [-0.2, -0.15) is 4.98 Å². The number of aliphatic hydroxyl groups excluding tert-OH is 1. The van der Waals surface area contributed by atoms with Crippen LogP contribution >= 0.6 is 0 Å². The molecule has 5 nitrogen and oxygen atoms in total. The first-order valence-electron chi connectivity index (χ1n) is 5.75. The van der Waals surface area contributed by atoms with E-state index in [2.05, 4.69) is 10.1 Å². The average molecular weight is 226 g/mol. The molecule has 0 saturated heterocycles. The van der Waals surface area contributed by atoms with E-state index in [0.717, 1.165) is 25.7 Å². The molecule has 2 rings (SSSR count). The fourth-order valence-corrected chi connectivity index (χ4v) is 2.23. The quantitative estimate of drug-likeness (QED) is 0.852. The van der Waals surface area contributed by atoms with Crippen molar-refractivity contribution in [3.63, 3.8) is 0 Å². The van der Waals surface area contributed by atoms with E-state index in [1.807, 2.05) is 0 Å². The van der Waals surface area contributed by atoms with Gasteiger partial charge in [0, 0.05) is 7.11 Å². The Labute approximate surface area is 94.8 Å². The standard InChI is InChI=1S/C11H18N2O3/c1-8(14)9-12-10(13-16-9)11(15-2)6-4-3-5-7-11/h8,14H,3-7H2,1-2H3/t8-/m0/s1. The average Bonchev–Trinajstić information content (AvgIpc) is 2.80. The van der Waals surface area contributed by atoms with Crippen molar-refractivity contribution in [1.82, 2.24) is 10.1 Å². The van der Waals surface area contributed by atoms with Crippen LogP contribution in [-0.2, 0) is 10.3 Å². The molecule has 0 bridgehead atoms. The summed E-state index contributed by atoms with van der Waals surface area (Å²) in [4.78, 5) is 4.22. The molecule has 0 radical (unpaired) electrons. The van der Waals surface area contributed by atoms with Crippen LogP contribution in [-0.4, -0.2) is 22.4 Å². The first kappa shape index (κ1) is 11.5. The van der Waals surface area contributed by atoms with Gasteiger partial charge in [0.05, 0.1) is 0 Å². The van der Waals surface area contributed by atoms with Crippen LogP contribution in [0.4, 0.5) is 0 Å². The van der Waals surface area contributed by atoms with Crippen molar-refractivity contribution in [1.29, 1.82) is 0 Å². The van der Waals surface area contributed by atoms with Gasteiger partial charge in [-0.3, -0.25) is 0 Å². The number of aliphatic hydroxyl groups is 1. The Hall–Kier alpha value is -0.940. The maximum atomic E-state index is 9.35. The summed E-state index contributed by atoms with van der Waals surface area (Å²) >= 11 is 0. The number of rotatable bonds is 3. The van der Waals surface area contributed by atoms with Crippen LogP contribution in [0.25, 0.3) is 0 Å². The fourth-order valence-electron chi connectivity index (χ4n) is 2.23. The summed E-state index contributed by atoms with van der Waals surface area (Å²) in [6, 6.07) is 0. The van der Waals surface area contributed by atoms with Gasteiger partial charge in [-0.1, -0.05) is 24.4 Å². The zero-order valence-corrected chi connectivity index (χ0v) is 9.77. The third-order valence-corrected chi connectivity index (χ3v) is 3.26. The van der Waals surface area contributed by atoms with Crippen molar-refractivity contribution < 1.29 is 14.4 Å². The number of hydrogen-bond donors (Lipinski definition) is 1. The van der Waals surface area contributed by atoms with E-state index in [9.17, 15) is 5.11 Å². The van der Waals surface area contributed by atoms with Crippen LogP contribution < -0.4 is 0 Å². The maximum absolute atomic E-state index is 9.35. The van der Waals surface area contributed by atoms with Crippen molar-refractivity contribution in [2.24, 2.45) is 0 Å². The molecule has 1 aromatic rings. The summed E-state index contributed by atoms with van der Waals surface area (Å²) in [5.74, 6) is 0.836. The van der Waals surface area contributed by atoms with Gasteiger partial charge >= 0.3 is 0 Å². The molecule has 1 aliphatic rings. The molecule has 1 N–H and O–H groups in total. The van der Waals surface area contributed by atoms with Crippen molar-refractivity contribution in [2.45, 2.75) is 50.7 Å². The number of aromatic nitrogens is 2. The zero-order chi connectivity index (χ0) is 11.6. The van der Waals surface area contributed by atoms with Gasteiger partial charge in [0.2, 0.25) is 5.82 Å². The fraction of sp³-hybridized carbons (Fsp3) is 0.818. The van der Waals surface area contributed by atoms with Crippen molar-refractivity contribution in [2.75, 3.05) is 7.11 Å². The predicted octanol–water partition coefficient (Wildman–Crippen LogP) is 1.93. The Morgan fingerprint density at radius 2 is 2.06 bits per heavy atom. The van der Waals surface area contributed by atoms with Gasteiger partial charge in [-0.05, 0) is 19.8 Å². The highest BCUT2D eigenvalue weighted by Gasteiger charge is 2.38. The summed E-state index contributed by atoms with van der Waals surface area (Å²) in [5, 5.41) is 13.3. The number of nitrogens with zero attached hydrogens (tertiary/aromatic N) is 2. The smallest absolute Gasteiger partial charge is 0.255 e. The number of methoxy groups -OCH3 is 1. The van der Waals surface area contributed by atoms with Gasteiger partial charge in [0.1, 0.15) is 11.7 Å². The topological polar surface area (TPSA) is 68.4 Å². The lowest BCUT2D eigenvalue weighted by Crippen LogP contribution is -2.32. The largest absolute Gasteiger partial charge is 0.384 e. The molecule has 90 valence electrons. The second kappa shape index (κ2) is 4.51. The lowest BCUT2D eigenvalue weighted by molar-refractivity contribution is -0.0527. The second-order valence-corrected chi connectivity index (χ2v) is 4.39. The minimum atomic E-state index is -0.723.